The summed E-state index contributed by atoms with van der Waals surface area (Å²) in [6.45, 7) is 4.47. The van der Waals surface area contributed by atoms with Crippen molar-refractivity contribution >= 4 is 15.9 Å². The summed E-state index contributed by atoms with van der Waals surface area (Å²) in [5.41, 5.74) is 0.469. The zero-order chi connectivity index (χ0) is 14.1. The summed E-state index contributed by atoms with van der Waals surface area (Å²) in [5, 5.41) is 20.3. The van der Waals surface area contributed by atoms with Crippen molar-refractivity contribution in [3.63, 3.8) is 0 Å². The van der Waals surface area contributed by atoms with Crippen LogP contribution in [0, 0.1) is 22.2 Å². The quantitative estimate of drug-likeness (QED) is 0.865. The first-order chi connectivity index (χ1) is 8.90. The maximum absolute atomic E-state index is 10.7. The van der Waals surface area contributed by atoms with E-state index < -0.39 is 11.5 Å². The van der Waals surface area contributed by atoms with Crippen LogP contribution in [0.15, 0.2) is 28.7 Å². The standard InChI is InChI=1S/C16H20BrNO/c1-15(2)7-9-16(11-18,10-8-15)14(19)12-5-3-4-6-13(12)17/h3-6,14,19H,7-10H2,1-2H3. The number of halogens is 1. The van der Waals surface area contributed by atoms with Crippen LogP contribution in [-0.4, -0.2) is 5.11 Å². The predicted molar refractivity (Wildman–Crippen MR) is 79.4 cm³/mol. The largest absolute Gasteiger partial charge is 0.387 e. The molecular formula is C16H20BrNO. The van der Waals surface area contributed by atoms with E-state index in [9.17, 15) is 10.4 Å². The first-order valence-electron chi connectivity index (χ1n) is 6.74. The van der Waals surface area contributed by atoms with Crippen molar-refractivity contribution in [1.82, 2.24) is 0 Å². The molecular weight excluding hydrogens is 302 g/mol. The number of aliphatic hydroxyl groups is 1. The van der Waals surface area contributed by atoms with E-state index >= 15 is 0 Å². The van der Waals surface area contributed by atoms with Crippen LogP contribution in [-0.2, 0) is 0 Å². The van der Waals surface area contributed by atoms with Gasteiger partial charge in [0.15, 0.2) is 0 Å². The first kappa shape index (κ1) is 14.6. The highest BCUT2D eigenvalue weighted by atomic mass is 79.9. The van der Waals surface area contributed by atoms with Gasteiger partial charge in [0.1, 0.15) is 0 Å². The smallest absolute Gasteiger partial charge is 0.0987 e. The molecule has 2 nitrogen and oxygen atoms in total. The van der Waals surface area contributed by atoms with Gasteiger partial charge in [0.2, 0.25) is 0 Å². The Kier molecular flexibility index (Phi) is 4.03. The van der Waals surface area contributed by atoms with E-state index in [1.807, 2.05) is 24.3 Å². The van der Waals surface area contributed by atoms with Crippen LogP contribution in [0.4, 0.5) is 0 Å². The molecule has 3 heteroatoms. The predicted octanol–water partition coefficient (Wildman–Crippen LogP) is 4.59. The monoisotopic (exact) mass is 321 g/mol. The number of hydrogen-bond acceptors (Lipinski definition) is 2. The Bertz CT molecular complexity index is 494. The highest BCUT2D eigenvalue weighted by molar-refractivity contribution is 9.10. The van der Waals surface area contributed by atoms with Crippen molar-refractivity contribution in [2.75, 3.05) is 0 Å². The third-order valence-electron chi connectivity index (χ3n) is 4.44. The Hall–Kier alpha value is -0.850. The molecule has 1 saturated carbocycles. The molecule has 1 atom stereocenters. The number of benzene rings is 1. The summed E-state index contributed by atoms with van der Waals surface area (Å²) in [7, 11) is 0. The lowest BCUT2D eigenvalue weighted by atomic mass is 9.62. The van der Waals surface area contributed by atoms with Crippen LogP contribution in [0.1, 0.15) is 51.2 Å². The molecule has 1 aromatic rings. The molecule has 102 valence electrons. The van der Waals surface area contributed by atoms with Crippen molar-refractivity contribution in [1.29, 1.82) is 5.26 Å². The molecule has 0 saturated heterocycles. The molecule has 1 fully saturated rings. The zero-order valence-electron chi connectivity index (χ0n) is 11.5. The van der Waals surface area contributed by atoms with Gasteiger partial charge in [-0.15, -0.1) is 0 Å². The van der Waals surface area contributed by atoms with Gasteiger partial charge in [-0.05, 0) is 42.7 Å². The van der Waals surface area contributed by atoms with Gasteiger partial charge in [-0.3, -0.25) is 0 Å². The topological polar surface area (TPSA) is 44.0 Å². The molecule has 0 radical (unpaired) electrons. The fourth-order valence-corrected chi connectivity index (χ4v) is 3.32. The van der Waals surface area contributed by atoms with Gasteiger partial charge < -0.3 is 5.11 Å². The molecule has 1 aliphatic rings. The minimum atomic E-state index is -0.718. The van der Waals surface area contributed by atoms with Crippen LogP contribution in [0.3, 0.4) is 0 Å². The van der Waals surface area contributed by atoms with E-state index in [1.54, 1.807) is 0 Å². The van der Waals surface area contributed by atoms with Gasteiger partial charge in [-0.1, -0.05) is 48.0 Å². The lowest BCUT2D eigenvalue weighted by Crippen LogP contribution is -2.35. The van der Waals surface area contributed by atoms with E-state index in [-0.39, 0.29) is 5.41 Å². The van der Waals surface area contributed by atoms with Crippen LogP contribution in [0.5, 0.6) is 0 Å². The van der Waals surface area contributed by atoms with E-state index in [4.69, 9.17) is 0 Å². The fourth-order valence-electron chi connectivity index (χ4n) is 2.81. The molecule has 1 unspecified atom stereocenters. The highest BCUT2D eigenvalue weighted by Gasteiger charge is 2.44. The molecule has 1 N–H and O–H groups in total. The number of nitriles is 1. The number of nitrogens with zero attached hydrogens (tertiary/aromatic N) is 1. The summed E-state index contributed by atoms with van der Waals surface area (Å²) in [5.74, 6) is 0. The lowest BCUT2D eigenvalue weighted by Gasteiger charge is -2.42. The highest BCUT2D eigenvalue weighted by Crippen LogP contribution is 2.51. The third kappa shape index (κ3) is 2.85. The van der Waals surface area contributed by atoms with Crippen molar-refractivity contribution in [2.24, 2.45) is 10.8 Å². The van der Waals surface area contributed by atoms with E-state index in [1.165, 1.54) is 0 Å². The average Bonchev–Trinajstić information content (AvgIpc) is 2.39. The maximum Gasteiger partial charge on any atom is 0.0987 e. The minimum Gasteiger partial charge on any atom is -0.387 e. The van der Waals surface area contributed by atoms with Gasteiger partial charge in [0.05, 0.1) is 17.6 Å². The molecule has 2 rings (SSSR count). The average molecular weight is 322 g/mol. The van der Waals surface area contributed by atoms with E-state index in [0.717, 1.165) is 35.7 Å². The van der Waals surface area contributed by atoms with Crippen molar-refractivity contribution in [3.05, 3.63) is 34.3 Å². The van der Waals surface area contributed by atoms with Crippen LogP contribution < -0.4 is 0 Å². The molecule has 1 aromatic carbocycles. The van der Waals surface area contributed by atoms with E-state index in [2.05, 4.69) is 35.8 Å². The minimum absolute atomic E-state index is 0.286. The molecule has 1 aliphatic carbocycles. The zero-order valence-corrected chi connectivity index (χ0v) is 13.1. The normalized spacial score (nSPS) is 22.5. The Morgan fingerprint density at radius 3 is 2.32 bits per heavy atom. The van der Waals surface area contributed by atoms with Crippen LogP contribution >= 0.6 is 15.9 Å². The second-order valence-electron chi connectivity index (χ2n) is 6.36. The molecule has 0 spiro atoms. The Labute approximate surface area is 123 Å². The van der Waals surface area contributed by atoms with Gasteiger partial charge >= 0.3 is 0 Å². The van der Waals surface area contributed by atoms with Gasteiger partial charge in [0.25, 0.3) is 0 Å². The molecule has 0 heterocycles. The first-order valence-corrected chi connectivity index (χ1v) is 7.53. The van der Waals surface area contributed by atoms with E-state index in [0.29, 0.717) is 0 Å². The molecule has 0 aromatic heterocycles. The number of hydrogen-bond donors (Lipinski definition) is 1. The van der Waals surface area contributed by atoms with Crippen molar-refractivity contribution in [2.45, 2.75) is 45.6 Å². The number of aliphatic hydroxyl groups excluding tert-OH is 1. The van der Waals surface area contributed by atoms with Crippen molar-refractivity contribution < 1.29 is 5.11 Å². The summed E-state index contributed by atoms with van der Waals surface area (Å²) < 4.78 is 0.877. The number of rotatable bonds is 2. The second-order valence-corrected chi connectivity index (χ2v) is 7.21. The Balaban J connectivity index is 2.29. The molecule has 19 heavy (non-hydrogen) atoms. The maximum atomic E-state index is 10.7. The molecule has 0 bridgehead atoms. The molecule has 0 amide bonds. The summed E-state index contributed by atoms with van der Waals surface area (Å²) >= 11 is 3.47. The van der Waals surface area contributed by atoms with Crippen LogP contribution in [0.25, 0.3) is 0 Å². The van der Waals surface area contributed by atoms with Gasteiger partial charge in [0, 0.05) is 4.47 Å². The fraction of sp³-hybridized carbons (Fsp3) is 0.562. The SMILES string of the molecule is CC1(C)CCC(C#N)(C(O)c2ccccc2Br)CC1. The summed E-state index contributed by atoms with van der Waals surface area (Å²) in [6, 6.07) is 10.0. The summed E-state index contributed by atoms with van der Waals surface area (Å²) in [4.78, 5) is 0. The van der Waals surface area contributed by atoms with Crippen molar-refractivity contribution in [3.8, 4) is 6.07 Å². The third-order valence-corrected chi connectivity index (χ3v) is 5.16. The van der Waals surface area contributed by atoms with Gasteiger partial charge in [-0.2, -0.15) is 5.26 Å². The van der Waals surface area contributed by atoms with Gasteiger partial charge in [-0.25, -0.2) is 0 Å². The molecule has 0 aliphatic heterocycles. The Morgan fingerprint density at radius 1 is 1.21 bits per heavy atom. The summed E-state index contributed by atoms with van der Waals surface area (Å²) in [6.07, 6.45) is 2.78. The second kappa shape index (κ2) is 5.26. The Morgan fingerprint density at radius 2 is 1.79 bits per heavy atom. The van der Waals surface area contributed by atoms with Crippen LogP contribution in [0.2, 0.25) is 0 Å². The lowest BCUT2D eigenvalue weighted by molar-refractivity contribution is 0.00914.